The van der Waals surface area contributed by atoms with Crippen LogP contribution in [0.3, 0.4) is 0 Å². The molecule has 1 atom stereocenters. The van der Waals surface area contributed by atoms with E-state index in [0.29, 0.717) is 19.0 Å². The summed E-state index contributed by atoms with van der Waals surface area (Å²) in [6.07, 6.45) is -0.0696. The molecule has 2 rings (SSSR count). The Hall–Kier alpha value is -1.39. The Bertz CT molecular complexity index is 471. The number of benzene rings is 1. The molecule has 1 saturated heterocycles. The summed E-state index contributed by atoms with van der Waals surface area (Å²) in [6.45, 7) is 7.42. The average Bonchev–Trinajstić information content (AvgIpc) is 2.40. The molecule has 1 aliphatic rings. The number of nitrogens with zero attached hydrogens (tertiary/aromatic N) is 1. The van der Waals surface area contributed by atoms with E-state index in [4.69, 9.17) is 10.5 Å². The Morgan fingerprint density at radius 1 is 1.47 bits per heavy atom. The molecular formula is C15H22N2O2. The monoisotopic (exact) mass is 262 g/mol. The van der Waals surface area contributed by atoms with Gasteiger partial charge in [-0.05, 0) is 30.0 Å². The Morgan fingerprint density at radius 3 is 2.84 bits per heavy atom. The quantitative estimate of drug-likeness (QED) is 0.904. The van der Waals surface area contributed by atoms with Crippen LogP contribution in [0.1, 0.15) is 30.9 Å². The third kappa shape index (κ3) is 2.96. The van der Waals surface area contributed by atoms with Crippen molar-refractivity contribution in [3.05, 3.63) is 29.3 Å². The van der Waals surface area contributed by atoms with Crippen LogP contribution in [0.15, 0.2) is 18.2 Å². The zero-order valence-electron chi connectivity index (χ0n) is 11.8. The van der Waals surface area contributed by atoms with Crippen molar-refractivity contribution in [2.24, 2.45) is 5.73 Å². The summed E-state index contributed by atoms with van der Waals surface area (Å²) in [5, 5.41) is 0. The van der Waals surface area contributed by atoms with Gasteiger partial charge < -0.3 is 15.4 Å². The number of amides is 1. The topological polar surface area (TPSA) is 55.6 Å². The zero-order chi connectivity index (χ0) is 14.0. The van der Waals surface area contributed by atoms with Crippen LogP contribution in [0, 0.1) is 6.92 Å². The van der Waals surface area contributed by atoms with Gasteiger partial charge in [-0.2, -0.15) is 0 Å². The van der Waals surface area contributed by atoms with E-state index in [9.17, 15) is 4.79 Å². The summed E-state index contributed by atoms with van der Waals surface area (Å²) in [5.74, 6) is 0.453. The highest BCUT2D eigenvalue weighted by Gasteiger charge is 2.27. The molecule has 1 unspecified atom stereocenters. The maximum atomic E-state index is 12.0. The van der Waals surface area contributed by atoms with Crippen LogP contribution in [0.25, 0.3) is 0 Å². The van der Waals surface area contributed by atoms with Crippen LogP contribution in [0.4, 0.5) is 5.69 Å². The Balaban J connectivity index is 2.33. The van der Waals surface area contributed by atoms with E-state index in [-0.39, 0.29) is 18.6 Å². The van der Waals surface area contributed by atoms with Gasteiger partial charge in [0, 0.05) is 12.2 Å². The molecule has 0 saturated carbocycles. The smallest absolute Gasteiger partial charge is 0.253 e. The Labute approximate surface area is 114 Å². The van der Waals surface area contributed by atoms with Crippen LogP contribution < -0.4 is 10.6 Å². The van der Waals surface area contributed by atoms with E-state index in [1.54, 1.807) is 0 Å². The zero-order valence-corrected chi connectivity index (χ0v) is 11.8. The summed E-state index contributed by atoms with van der Waals surface area (Å²) in [7, 11) is 0. The lowest BCUT2D eigenvalue weighted by molar-refractivity contribution is -0.128. The molecular weight excluding hydrogens is 240 g/mol. The van der Waals surface area contributed by atoms with Gasteiger partial charge in [0.15, 0.2) is 0 Å². The molecule has 2 N–H and O–H groups in total. The second-order valence-corrected chi connectivity index (χ2v) is 5.37. The molecule has 1 amide bonds. The Morgan fingerprint density at radius 2 is 2.21 bits per heavy atom. The molecule has 104 valence electrons. The minimum absolute atomic E-state index is 0.00806. The molecule has 1 fully saturated rings. The van der Waals surface area contributed by atoms with E-state index >= 15 is 0 Å². The number of hydrogen-bond donors (Lipinski definition) is 1. The van der Waals surface area contributed by atoms with Crippen molar-refractivity contribution in [3.8, 4) is 0 Å². The number of morpholine rings is 1. The van der Waals surface area contributed by atoms with Crippen LogP contribution >= 0.6 is 0 Å². The van der Waals surface area contributed by atoms with Crippen LogP contribution in [-0.2, 0) is 9.53 Å². The summed E-state index contributed by atoms with van der Waals surface area (Å²) < 4.78 is 5.39. The first-order valence-corrected chi connectivity index (χ1v) is 6.75. The molecule has 4 heteroatoms. The third-order valence-corrected chi connectivity index (χ3v) is 3.58. The maximum absolute atomic E-state index is 12.0. The van der Waals surface area contributed by atoms with Crippen LogP contribution in [0.5, 0.6) is 0 Å². The lowest BCUT2D eigenvalue weighted by atomic mass is 9.99. The summed E-state index contributed by atoms with van der Waals surface area (Å²) in [4.78, 5) is 13.9. The van der Waals surface area contributed by atoms with Crippen molar-refractivity contribution >= 4 is 11.6 Å². The number of hydrogen-bond acceptors (Lipinski definition) is 3. The summed E-state index contributed by atoms with van der Waals surface area (Å²) in [5.41, 5.74) is 8.97. The number of carbonyl (C=O) groups is 1. The number of ether oxygens (including phenoxy) is 1. The van der Waals surface area contributed by atoms with E-state index in [1.165, 1.54) is 5.56 Å². The normalized spacial score (nSPS) is 20.2. The second kappa shape index (κ2) is 5.72. The highest BCUT2D eigenvalue weighted by atomic mass is 16.5. The van der Waals surface area contributed by atoms with Crippen LogP contribution in [-0.4, -0.2) is 31.7 Å². The largest absolute Gasteiger partial charge is 0.365 e. The predicted molar refractivity (Wildman–Crippen MR) is 76.4 cm³/mol. The highest BCUT2D eigenvalue weighted by molar-refractivity contribution is 5.95. The van der Waals surface area contributed by atoms with Crippen molar-refractivity contribution in [1.29, 1.82) is 0 Å². The molecule has 1 aromatic rings. The standard InChI is InChI=1S/C15H22N2O2/c1-10(2)12-5-4-11(3)14(6-12)17-8-13(7-16)19-9-15(17)18/h4-6,10,13H,7-9,16H2,1-3H3. The number of nitrogens with two attached hydrogens (primary N) is 1. The van der Waals surface area contributed by atoms with E-state index in [2.05, 4.69) is 32.0 Å². The van der Waals surface area contributed by atoms with Crippen molar-refractivity contribution in [2.45, 2.75) is 32.8 Å². The van der Waals surface area contributed by atoms with Crippen molar-refractivity contribution in [3.63, 3.8) is 0 Å². The molecule has 1 heterocycles. The van der Waals surface area contributed by atoms with Gasteiger partial charge in [0.2, 0.25) is 0 Å². The first kappa shape index (κ1) is 14.0. The molecule has 19 heavy (non-hydrogen) atoms. The Kier molecular flexibility index (Phi) is 4.22. The molecule has 1 aromatic carbocycles. The number of rotatable bonds is 3. The first-order valence-electron chi connectivity index (χ1n) is 6.75. The molecule has 1 aliphatic heterocycles. The molecule has 4 nitrogen and oxygen atoms in total. The minimum atomic E-state index is -0.0696. The lowest BCUT2D eigenvalue weighted by Crippen LogP contribution is -2.49. The van der Waals surface area contributed by atoms with Gasteiger partial charge in [-0.3, -0.25) is 4.79 Å². The van der Waals surface area contributed by atoms with Gasteiger partial charge in [0.25, 0.3) is 5.91 Å². The predicted octanol–water partition coefficient (Wildman–Crippen LogP) is 1.81. The maximum Gasteiger partial charge on any atom is 0.253 e. The third-order valence-electron chi connectivity index (χ3n) is 3.58. The van der Waals surface area contributed by atoms with Gasteiger partial charge >= 0.3 is 0 Å². The fourth-order valence-electron chi connectivity index (χ4n) is 2.28. The average molecular weight is 262 g/mol. The van der Waals surface area contributed by atoms with Gasteiger partial charge in [0.05, 0.1) is 12.6 Å². The lowest BCUT2D eigenvalue weighted by Gasteiger charge is -2.33. The molecule has 0 bridgehead atoms. The number of carbonyl (C=O) groups excluding carboxylic acids is 1. The number of anilines is 1. The SMILES string of the molecule is Cc1ccc(C(C)C)cc1N1CC(CN)OCC1=O. The van der Waals surface area contributed by atoms with E-state index in [0.717, 1.165) is 11.3 Å². The molecule has 0 radical (unpaired) electrons. The molecule has 0 aromatic heterocycles. The fraction of sp³-hybridized carbons (Fsp3) is 0.533. The van der Waals surface area contributed by atoms with Gasteiger partial charge in [0.1, 0.15) is 6.61 Å². The summed E-state index contributed by atoms with van der Waals surface area (Å²) >= 11 is 0. The second-order valence-electron chi connectivity index (χ2n) is 5.37. The van der Waals surface area contributed by atoms with E-state index < -0.39 is 0 Å². The minimum Gasteiger partial charge on any atom is -0.365 e. The van der Waals surface area contributed by atoms with Gasteiger partial charge in [-0.1, -0.05) is 26.0 Å². The summed E-state index contributed by atoms with van der Waals surface area (Å²) in [6, 6.07) is 6.30. The molecule has 0 spiro atoms. The highest BCUT2D eigenvalue weighted by Crippen LogP contribution is 2.27. The fourth-order valence-corrected chi connectivity index (χ4v) is 2.28. The van der Waals surface area contributed by atoms with Gasteiger partial charge in [-0.15, -0.1) is 0 Å². The van der Waals surface area contributed by atoms with Crippen molar-refractivity contribution in [2.75, 3.05) is 24.6 Å². The van der Waals surface area contributed by atoms with Crippen molar-refractivity contribution in [1.82, 2.24) is 0 Å². The van der Waals surface area contributed by atoms with E-state index in [1.807, 2.05) is 11.8 Å². The first-order chi connectivity index (χ1) is 9.02. The van der Waals surface area contributed by atoms with Crippen molar-refractivity contribution < 1.29 is 9.53 Å². The number of aryl methyl sites for hydroxylation is 1. The van der Waals surface area contributed by atoms with Crippen LogP contribution in [0.2, 0.25) is 0 Å². The van der Waals surface area contributed by atoms with Gasteiger partial charge in [-0.25, -0.2) is 0 Å². The molecule has 0 aliphatic carbocycles.